The van der Waals surface area contributed by atoms with Crippen LogP contribution in [0.3, 0.4) is 0 Å². The van der Waals surface area contributed by atoms with Gasteiger partial charge in [0.2, 0.25) is 5.88 Å². The minimum Gasteiger partial charge on any atom is -0.491 e. The molecule has 30 heavy (non-hydrogen) atoms. The summed E-state index contributed by atoms with van der Waals surface area (Å²) in [7, 11) is 1.66. The largest absolute Gasteiger partial charge is 0.491 e. The second-order valence-electron chi connectivity index (χ2n) is 6.83. The summed E-state index contributed by atoms with van der Waals surface area (Å²) in [4.78, 5) is 4.87. The summed E-state index contributed by atoms with van der Waals surface area (Å²) in [6, 6.07) is 21.9. The van der Waals surface area contributed by atoms with Crippen molar-refractivity contribution in [2.75, 3.05) is 26.9 Å². The van der Waals surface area contributed by atoms with Crippen molar-refractivity contribution in [3.63, 3.8) is 0 Å². The van der Waals surface area contributed by atoms with Crippen LogP contribution >= 0.6 is 0 Å². The monoisotopic (exact) mass is 403 g/mol. The predicted molar refractivity (Wildman–Crippen MR) is 117 cm³/mol. The van der Waals surface area contributed by atoms with Crippen molar-refractivity contribution in [3.05, 3.63) is 66.7 Å². The highest BCUT2D eigenvalue weighted by atomic mass is 16.5. The molecule has 2 aromatic carbocycles. The summed E-state index contributed by atoms with van der Waals surface area (Å²) in [5.74, 6) is 1.39. The maximum atomic E-state index is 5.75. The fourth-order valence-corrected chi connectivity index (χ4v) is 3.21. The Hall–Kier alpha value is -3.38. The van der Waals surface area contributed by atoms with Gasteiger partial charge >= 0.3 is 0 Å². The zero-order valence-corrected chi connectivity index (χ0v) is 17.2. The van der Waals surface area contributed by atoms with Crippen molar-refractivity contribution in [2.45, 2.75) is 13.3 Å². The fourth-order valence-electron chi connectivity index (χ4n) is 3.21. The van der Waals surface area contributed by atoms with Gasteiger partial charge in [0.05, 0.1) is 18.9 Å². The Labute approximate surface area is 176 Å². The van der Waals surface area contributed by atoms with Crippen molar-refractivity contribution in [1.29, 1.82) is 0 Å². The summed E-state index contributed by atoms with van der Waals surface area (Å²) >= 11 is 0. The second kappa shape index (κ2) is 9.41. The van der Waals surface area contributed by atoms with Crippen LogP contribution in [0.15, 0.2) is 66.7 Å². The quantitative estimate of drug-likeness (QED) is 0.373. The number of imidazole rings is 1. The zero-order valence-electron chi connectivity index (χ0n) is 17.2. The van der Waals surface area contributed by atoms with E-state index in [1.165, 1.54) is 0 Å². The van der Waals surface area contributed by atoms with Crippen LogP contribution in [0.5, 0.6) is 11.6 Å². The molecule has 0 aliphatic carbocycles. The lowest BCUT2D eigenvalue weighted by Crippen LogP contribution is -2.03. The second-order valence-corrected chi connectivity index (χ2v) is 6.83. The van der Waals surface area contributed by atoms with Gasteiger partial charge in [-0.2, -0.15) is 0 Å². The molecule has 0 fully saturated rings. The first kappa shape index (κ1) is 19.9. The van der Waals surface area contributed by atoms with Crippen LogP contribution in [0.1, 0.15) is 13.3 Å². The molecule has 2 aromatic heterocycles. The lowest BCUT2D eigenvalue weighted by molar-refractivity contribution is 0.146. The molecule has 6 heteroatoms. The van der Waals surface area contributed by atoms with Crippen molar-refractivity contribution in [3.8, 4) is 34.1 Å². The van der Waals surface area contributed by atoms with Crippen LogP contribution in [-0.4, -0.2) is 41.5 Å². The highest BCUT2D eigenvalue weighted by Gasteiger charge is 2.17. The Balaban J connectivity index is 1.77. The summed E-state index contributed by atoms with van der Waals surface area (Å²) in [5, 5.41) is 4.70. The first-order valence-electron chi connectivity index (χ1n) is 10.1. The van der Waals surface area contributed by atoms with Gasteiger partial charge in [0.1, 0.15) is 18.1 Å². The molecule has 0 amide bonds. The van der Waals surface area contributed by atoms with Crippen LogP contribution in [0.2, 0.25) is 0 Å². The van der Waals surface area contributed by atoms with Gasteiger partial charge in [0.25, 0.3) is 0 Å². The van der Waals surface area contributed by atoms with Crippen LogP contribution in [0, 0.1) is 0 Å². The smallest absolute Gasteiger partial charge is 0.231 e. The molecule has 0 saturated carbocycles. The lowest BCUT2D eigenvalue weighted by atomic mass is 10.0. The van der Waals surface area contributed by atoms with E-state index >= 15 is 0 Å². The van der Waals surface area contributed by atoms with Gasteiger partial charge in [-0.1, -0.05) is 37.3 Å². The molecule has 0 N–H and O–H groups in total. The molecule has 154 valence electrons. The van der Waals surface area contributed by atoms with Gasteiger partial charge < -0.3 is 14.2 Å². The van der Waals surface area contributed by atoms with E-state index in [2.05, 4.69) is 19.1 Å². The number of rotatable bonds is 9. The number of methoxy groups -OCH3 is 1. The summed E-state index contributed by atoms with van der Waals surface area (Å²) in [5.41, 5.74) is 4.61. The van der Waals surface area contributed by atoms with Gasteiger partial charge in [0.15, 0.2) is 5.65 Å². The lowest BCUT2D eigenvalue weighted by Gasteiger charge is -2.08. The highest BCUT2D eigenvalue weighted by Crippen LogP contribution is 2.33. The average molecular weight is 403 g/mol. The van der Waals surface area contributed by atoms with Crippen molar-refractivity contribution in [1.82, 2.24) is 14.6 Å². The van der Waals surface area contributed by atoms with Gasteiger partial charge in [-0.05, 0) is 36.8 Å². The normalized spacial score (nSPS) is 11.0. The van der Waals surface area contributed by atoms with Crippen molar-refractivity contribution in [2.24, 2.45) is 0 Å². The van der Waals surface area contributed by atoms with E-state index in [0.717, 1.165) is 40.3 Å². The molecule has 4 rings (SSSR count). The van der Waals surface area contributed by atoms with Crippen molar-refractivity contribution < 1.29 is 14.2 Å². The van der Waals surface area contributed by atoms with Gasteiger partial charge in [-0.25, -0.2) is 9.50 Å². The molecule has 0 aliphatic rings. The number of benzene rings is 2. The number of nitrogens with zero attached hydrogens (tertiary/aromatic N) is 3. The van der Waals surface area contributed by atoms with E-state index in [1.54, 1.807) is 7.11 Å². The predicted octanol–water partition coefficient (Wildman–Crippen LogP) is 4.88. The molecule has 4 aromatic rings. The average Bonchev–Trinajstić information content (AvgIpc) is 3.17. The van der Waals surface area contributed by atoms with E-state index in [9.17, 15) is 0 Å². The molecular formula is C24H25N3O3. The number of hydrogen-bond acceptors (Lipinski definition) is 5. The van der Waals surface area contributed by atoms with Gasteiger partial charge in [-0.15, -0.1) is 5.10 Å². The molecule has 0 aliphatic heterocycles. The standard InChI is InChI=1S/C24H25N3O3/c1-3-15-30-22-14-13-21-25-23(18-9-11-20(12-10-18)29-17-16-28-2)24(27(21)26-22)19-7-5-4-6-8-19/h4-14H,3,15-17H2,1-2H3. The molecule has 0 bridgehead atoms. The third-order valence-corrected chi connectivity index (χ3v) is 4.64. The van der Waals surface area contributed by atoms with E-state index in [4.69, 9.17) is 24.3 Å². The minimum absolute atomic E-state index is 0.518. The Bertz CT molecular complexity index is 1090. The SMILES string of the molecule is CCCOc1ccc2nc(-c3ccc(OCCOC)cc3)c(-c3ccccc3)n2n1. The van der Waals surface area contributed by atoms with Gasteiger partial charge in [0, 0.05) is 24.3 Å². The first-order chi connectivity index (χ1) is 14.8. The van der Waals surface area contributed by atoms with Crippen LogP contribution in [0.4, 0.5) is 0 Å². The first-order valence-corrected chi connectivity index (χ1v) is 10.1. The summed E-state index contributed by atoms with van der Waals surface area (Å²) < 4.78 is 18.3. The topological polar surface area (TPSA) is 57.9 Å². The summed E-state index contributed by atoms with van der Waals surface area (Å²) in [6.07, 6.45) is 0.930. The number of aromatic nitrogens is 3. The molecule has 0 spiro atoms. The molecule has 0 radical (unpaired) electrons. The fraction of sp³-hybridized carbons (Fsp3) is 0.250. The zero-order chi connectivity index (χ0) is 20.8. The molecule has 0 atom stereocenters. The van der Waals surface area contributed by atoms with Crippen LogP contribution in [-0.2, 0) is 4.74 Å². The van der Waals surface area contributed by atoms with Crippen LogP contribution in [0.25, 0.3) is 28.2 Å². The summed E-state index contributed by atoms with van der Waals surface area (Å²) in [6.45, 7) is 3.78. The highest BCUT2D eigenvalue weighted by molar-refractivity contribution is 5.81. The Morgan fingerprint density at radius 1 is 0.800 bits per heavy atom. The van der Waals surface area contributed by atoms with E-state index in [0.29, 0.717) is 25.7 Å². The minimum atomic E-state index is 0.518. The Kier molecular flexibility index (Phi) is 6.25. The Morgan fingerprint density at radius 3 is 2.33 bits per heavy atom. The number of ether oxygens (including phenoxy) is 3. The van der Waals surface area contributed by atoms with E-state index in [-0.39, 0.29) is 0 Å². The molecule has 0 saturated heterocycles. The number of hydrogen-bond donors (Lipinski definition) is 0. The molecule has 0 unspecified atom stereocenters. The molecular weight excluding hydrogens is 378 g/mol. The van der Waals surface area contributed by atoms with Gasteiger partial charge in [-0.3, -0.25) is 0 Å². The van der Waals surface area contributed by atoms with Crippen LogP contribution < -0.4 is 9.47 Å². The third kappa shape index (κ3) is 4.28. The van der Waals surface area contributed by atoms with E-state index < -0.39 is 0 Å². The Morgan fingerprint density at radius 2 is 1.60 bits per heavy atom. The van der Waals surface area contributed by atoms with E-state index in [1.807, 2.05) is 59.1 Å². The molecule has 2 heterocycles. The molecule has 6 nitrogen and oxygen atoms in total. The maximum Gasteiger partial charge on any atom is 0.231 e. The number of fused-ring (bicyclic) bond motifs is 1. The van der Waals surface area contributed by atoms with Crippen molar-refractivity contribution >= 4 is 5.65 Å². The third-order valence-electron chi connectivity index (χ3n) is 4.64. The maximum absolute atomic E-state index is 5.75.